The van der Waals surface area contributed by atoms with Crippen molar-refractivity contribution in [2.75, 3.05) is 33.4 Å². The van der Waals surface area contributed by atoms with Gasteiger partial charge < -0.3 is 20.5 Å². The van der Waals surface area contributed by atoms with Crippen molar-refractivity contribution in [2.45, 2.75) is 31.4 Å². The van der Waals surface area contributed by atoms with Gasteiger partial charge in [0.2, 0.25) is 0 Å². The Kier molecular flexibility index (Phi) is 6.10. The molecule has 0 aliphatic carbocycles. The van der Waals surface area contributed by atoms with E-state index in [1.807, 2.05) is 0 Å². The predicted molar refractivity (Wildman–Crippen MR) is 56.4 cm³/mol. The maximum Gasteiger partial charge on any atom is 0.0785 e. The Morgan fingerprint density at radius 1 is 1.64 bits per heavy atom. The van der Waals surface area contributed by atoms with Crippen LogP contribution in [0, 0.1) is 0 Å². The molecule has 1 aliphatic rings. The largest absolute Gasteiger partial charge is 0.391 e. The second kappa shape index (κ2) is 7.17. The third-order valence-corrected chi connectivity index (χ3v) is 2.57. The molecule has 84 valence electrons. The molecule has 1 saturated heterocycles. The zero-order chi connectivity index (χ0) is 10.2. The molecule has 0 bridgehead atoms. The first-order valence-electron chi connectivity index (χ1n) is 5.44. The van der Waals surface area contributed by atoms with E-state index in [-0.39, 0.29) is 6.10 Å². The van der Waals surface area contributed by atoms with Crippen molar-refractivity contribution >= 4 is 0 Å². The summed E-state index contributed by atoms with van der Waals surface area (Å²) in [6.07, 6.45) is 3.00. The maximum absolute atomic E-state index is 9.36. The molecular weight excluding hydrogens is 180 g/mol. The van der Waals surface area contributed by atoms with E-state index in [1.165, 1.54) is 12.8 Å². The Morgan fingerprint density at radius 2 is 2.50 bits per heavy atom. The lowest BCUT2D eigenvalue weighted by atomic mass is 10.2. The van der Waals surface area contributed by atoms with E-state index >= 15 is 0 Å². The highest BCUT2D eigenvalue weighted by atomic mass is 16.5. The van der Waals surface area contributed by atoms with Crippen molar-refractivity contribution in [3.8, 4) is 0 Å². The van der Waals surface area contributed by atoms with Crippen LogP contribution in [0.25, 0.3) is 0 Å². The average Bonchev–Trinajstić information content (AvgIpc) is 2.65. The number of hydrogen-bond donors (Lipinski definition) is 3. The molecule has 4 nitrogen and oxygen atoms in total. The molecule has 4 heteroatoms. The number of aliphatic hydroxyl groups excluding tert-OH is 1. The van der Waals surface area contributed by atoms with Gasteiger partial charge in [-0.2, -0.15) is 0 Å². The third kappa shape index (κ3) is 4.91. The van der Waals surface area contributed by atoms with Gasteiger partial charge in [0.25, 0.3) is 0 Å². The fraction of sp³-hybridized carbons (Fsp3) is 1.00. The summed E-state index contributed by atoms with van der Waals surface area (Å²) in [7, 11) is 1.61. The van der Waals surface area contributed by atoms with Crippen molar-refractivity contribution in [1.82, 2.24) is 10.6 Å². The van der Waals surface area contributed by atoms with E-state index in [2.05, 4.69) is 10.6 Å². The van der Waals surface area contributed by atoms with Gasteiger partial charge in [0.1, 0.15) is 0 Å². The van der Waals surface area contributed by atoms with Crippen LogP contribution in [0.2, 0.25) is 0 Å². The van der Waals surface area contributed by atoms with Gasteiger partial charge in [0, 0.05) is 19.7 Å². The smallest absolute Gasteiger partial charge is 0.0785 e. The van der Waals surface area contributed by atoms with Crippen LogP contribution in [-0.2, 0) is 4.74 Å². The van der Waals surface area contributed by atoms with Crippen LogP contribution in [0.15, 0.2) is 0 Å². The second-order valence-corrected chi connectivity index (χ2v) is 3.90. The number of aliphatic hydroxyl groups is 1. The minimum absolute atomic E-state index is 0.330. The van der Waals surface area contributed by atoms with Crippen LogP contribution in [0.4, 0.5) is 0 Å². The molecule has 1 fully saturated rings. The topological polar surface area (TPSA) is 53.5 Å². The second-order valence-electron chi connectivity index (χ2n) is 3.90. The van der Waals surface area contributed by atoms with Gasteiger partial charge >= 0.3 is 0 Å². The standard InChI is InChI=1S/C10H22N2O2/c1-14-8-10(13)4-6-11-7-9-3-2-5-12-9/h9-13H,2-8H2,1H3. The Hall–Kier alpha value is -0.160. The molecule has 2 atom stereocenters. The Bertz CT molecular complexity index is 138. The molecule has 0 saturated carbocycles. The first kappa shape index (κ1) is 11.9. The number of methoxy groups -OCH3 is 1. The highest BCUT2D eigenvalue weighted by molar-refractivity contribution is 4.76. The van der Waals surface area contributed by atoms with Crippen LogP contribution >= 0.6 is 0 Å². The average molecular weight is 202 g/mol. The number of ether oxygens (including phenoxy) is 1. The summed E-state index contributed by atoms with van der Waals surface area (Å²) in [5.74, 6) is 0. The summed E-state index contributed by atoms with van der Waals surface area (Å²) < 4.78 is 4.84. The minimum atomic E-state index is -0.330. The molecule has 0 spiro atoms. The highest BCUT2D eigenvalue weighted by Crippen LogP contribution is 2.02. The lowest BCUT2D eigenvalue weighted by Gasteiger charge is -2.13. The molecule has 0 aromatic heterocycles. The van der Waals surface area contributed by atoms with Gasteiger partial charge in [-0.05, 0) is 32.4 Å². The molecule has 0 radical (unpaired) electrons. The van der Waals surface area contributed by atoms with Crippen molar-refractivity contribution in [2.24, 2.45) is 0 Å². The molecule has 0 aromatic rings. The monoisotopic (exact) mass is 202 g/mol. The van der Waals surface area contributed by atoms with Crippen molar-refractivity contribution < 1.29 is 9.84 Å². The predicted octanol–water partition coefficient (Wildman–Crippen LogP) is -0.275. The first-order valence-corrected chi connectivity index (χ1v) is 5.44. The van der Waals surface area contributed by atoms with Crippen LogP contribution in [0.3, 0.4) is 0 Å². The molecule has 1 aliphatic heterocycles. The summed E-state index contributed by atoms with van der Waals surface area (Å²) in [4.78, 5) is 0. The molecule has 3 N–H and O–H groups in total. The Labute approximate surface area is 86.0 Å². The normalized spacial score (nSPS) is 24.0. The number of hydrogen-bond acceptors (Lipinski definition) is 4. The molecule has 0 aromatic carbocycles. The van der Waals surface area contributed by atoms with Gasteiger partial charge in [-0.15, -0.1) is 0 Å². The first-order chi connectivity index (χ1) is 6.83. The summed E-state index contributed by atoms with van der Waals surface area (Å²) in [6.45, 7) is 3.46. The zero-order valence-corrected chi connectivity index (χ0v) is 8.96. The third-order valence-electron chi connectivity index (χ3n) is 2.57. The SMILES string of the molecule is COCC(O)CCNCC1CCCN1. The van der Waals surface area contributed by atoms with Gasteiger partial charge in [0.15, 0.2) is 0 Å². The Balaban J connectivity index is 1.88. The Morgan fingerprint density at radius 3 is 3.14 bits per heavy atom. The van der Waals surface area contributed by atoms with E-state index < -0.39 is 0 Å². The van der Waals surface area contributed by atoms with E-state index in [4.69, 9.17) is 4.74 Å². The molecule has 0 amide bonds. The van der Waals surface area contributed by atoms with Crippen LogP contribution in [0.1, 0.15) is 19.3 Å². The van der Waals surface area contributed by atoms with Gasteiger partial charge in [-0.3, -0.25) is 0 Å². The van der Waals surface area contributed by atoms with E-state index in [0.29, 0.717) is 12.6 Å². The number of rotatable bonds is 7. The van der Waals surface area contributed by atoms with E-state index in [1.54, 1.807) is 7.11 Å². The summed E-state index contributed by atoms with van der Waals surface area (Å²) in [6, 6.07) is 0.634. The van der Waals surface area contributed by atoms with Gasteiger partial charge in [0.05, 0.1) is 12.7 Å². The zero-order valence-electron chi connectivity index (χ0n) is 8.96. The fourth-order valence-electron chi connectivity index (χ4n) is 1.75. The molecule has 2 unspecified atom stereocenters. The van der Waals surface area contributed by atoms with Crippen LogP contribution < -0.4 is 10.6 Å². The van der Waals surface area contributed by atoms with E-state index in [0.717, 1.165) is 26.1 Å². The van der Waals surface area contributed by atoms with Gasteiger partial charge in [-0.1, -0.05) is 0 Å². The highest BCUT2D eigenvalue weighted by Gasteiger charge is 2.12. The summed E-state index contributed by atoms with van der Waals surface area (Å²) in [5, 5.41) is 16.1. The lowest BCUT2D eigenvalue weighted by Crippen LogP contribution is -2.35. The maximum atomic E-state index is 9.36. The molecule has 1 rings (SSSR count). The molecular formula is C10H22N2O2. The minimum Gasteiger partial charge on any atom is -0.391 e. The van der Waals surface area contributed by atoms with Gasteiger partial charge in [-0.25, -0.2) is 0 Å². The number of nitrogens with one attached hydrogen (secondary N) is 2. The van der Waals surface area contributed by atoms with Crippen molar-refractivity contribution in [1.29, 1.82) is 0 Å². The van der Waals surface area contributed by atoms with E-state index in [9.17, 15) is 5.11 Å². The lowest BCUT2D eigenvalue weighted by molar-refractivity contribution is 0.0594. The molecule has 14 heavy (non-hydrogen) atoms. The quantitative estimate of drug-likeness (QED) is 0.497. The van der Waals surface area contributed by atoms with Crippen molar-refractivity contribution in [3.05, 3.63) is 0 Å². The fourth-order valence-corrected chi connectivity index (χ4v) is 1.75. The van der Waals surface area contributed by atoms with Crippen LogP contribution in [0.5, 0.6) is 0 Å². The molecule has 1 heterocycles. The summed E-state index contributed by atoms with van der Waals surface area (Å²) >= 11 is 0. The van der Waals surface area contributed by atoms with Crippen LogP contribution in [-0.4, -0.2) is 50.6 Å². The van der Waals surface area contributed by atoms with Crippen molar-refractivity contribution in [3.63, 3.8) is 0 Å². The summed E-state index contributed by atoms with van der Waals surface area (Å²) in [5.41, 5.74) is 0.